The summed E-state index contributed by atoms with van der Waals surface area (Å²) in [6.07, 6.45) is 12.4. The molecular formula is C17H17N7O. The Morgan fingerprint density at radius 3 is 2.48 bits per heavy atom. The third-order valence-electron chi connectivity index (χ3n) is 4.08. The van der Waals surface area contributed by atoms with E-state index in [9.17, 15) is 4.79 Å². The van der Waals surface area contributed by atoms with Gasteiger partial charge in [0, 0.05) is 31.0 Å². The zero-order chi connectivity index (χ0) is 17.1. The van der Waals surface area contributed by atoms with Crippen LogP contribution < -0.4 is 10.2 Å². The first-order valence-corrected chi connectivity index (χ1v) is 8.13. The largest absolute Gasteiger partial charge is 0.369 e. The molecule has 0 unspecified atom stereocenters. The van der Waals surface area contributed by atoms with Crippen LogP contribution in [-0.4, -0.2) is 43.7 Å². The maximum Gasteiger partial charge on any atom is 0.255 e. The highest BCUT2D eigenvalue weighted by molar-refractivity contribution is 6.04. The third kappa shape index (κ3) is 3.32. The molecule has 4 rings (SSSR count). The molecule has 25 heavy (non-hydrogen) atoms. The summed E-state index contributed by atoms with van der Waals surface area (Å²) in [5, 5.41) is 7.00. The highest BCUT2D eigenvalue weighted by Crippen LogP contribution is 2.18. The van der Waals surface area contributed by atoms with Gasteiger partial charge in [-0.05, 0) is 25.0 Å². The lowest BCUT2D eigenvalue weighted by Crippen LogP contribution is -2.18. The summed E-state index contributed by atoms with van der Waals surface area (Å²) in [4.78, 5) is 27.0. The molecule has 1 aliphatic rings. The number of nitrogens with one attached hydrogen (secondary N) is 1. The minimum absolute atomic E-state index is 0.216. The normalized spacial score (nSPS) is 13.8. The maximum absolute atomic E-state index is 12.1. The van der Waals surface area contributed by atoms with Gasteiger partial charge in [-0.1, -0.05) is 0 Å². The number of nitrogens with zero attached hydrogens (tertiary/aromatic N) is 6. The average molecular weight is 335 g/mol. The zero-order valence-electron chi connectivity index (χ0n) is 13.5. The van der Waals surface area contributed by atoms with Crippen LogP contribution in [0.2, 0.25) is 0 Å². The van der Waals surface area contributed by atoms with Crippen LogP contribution in [0.5, 0.6) is 0 Å². The summed E-state index contributed by atoms with van der Waals surface area (Å²) in [6.45, 7) is 2.10. The standard InChI is InChI=1S/C17H17N7O/c25-16(13-3-5-18-6-4-13)22-14-9-21-24(12-14)17-19-10-15(11-20-17)23-7-1-2-8-23/h3-6,9-12H,1-2,7-8H2,(H,22,25). The second-order valence-corrected chi connectivity index (χ2v) is 5.80. The number of hydrogen-bond donors (Lipinski definition) is 1. The summed E-state index contributed by atoms with van der Waals surface area (Å²) >= 11 is 0. The molecule has 1 N–H and O–H groups in total. The van der Waals surface area contributed by atoms with Gasteiger partial charge in [0.1, 0.15) is 0 Å². The van der Waals surface area contributed by atoms with Crippen molar-refractivity contribution in [3.8, 4) is 5.95 Å². The lowest BCUT2D eigenvalue weighted by atomic mass is 10.2. The van der Waals surface area contributed by atoms with Gasteiger partial charge in [0.05, 0.1) is 36.2 Å². The van der Waals surface area contributed by atoms with E-state index in [4.69, 9.17) is 0 Å². The van der Waals surface area contributed by atoms with E-state index in [0.717, 1.165) is 18.8 Å². The summed E-state index contributed by atoms with van der Waals surface area (Å²) in [6, 6.07) is 3.31. The van der Waals surface area contributed by atoms with E-state index in [1.807, 2.05) is 12.4 Å². The van der Waals surface area contributed by atoms with E-state index in [-0.39, 0.29) is 5.91 Å². The molecule has 0 aliphatic carbocycles. The van der Waals surface area contributed by atoms with Gasteiger partial charge in [-0.2, -0.15) is 5.10 Å². The van der Waals surface area contributed by atoms with Gasteiger partial charge >= 0.3 is 0 Å². The summed E-state index contributed by atoms with van der Waals surface area (Å²) < 4.78 is 1.54. The number of hydrogen-bond acceptors (Lipinski definition) is 6. The van der Waals surface area contributed by atoms with Gasteiger partial charge in [-0.3, -0.25) is 9.78 Å². The summed E-state index contributed by atoms with van der Waals surface area (Å²) in [5.74, 6) is 0.250. The smallest absolute Gasteiger partial charge is 0.255 e. The Hall–Kier alpha value is -3.29. The van der Waals surface area contributed by atoms with Crippen molar-refractivity contribution in [2.24, 2.45) is 0 Å². The second kappa shape index (κ2) is 6.68. The number of anilines is 2. The van der Waals surface area contributed by atoms with Crippen molar-refractivity contribution in [2.45, 2.75) is 12.8 Å². The Morgan fingerprint density at radius 1 is 1.04 bits per heavy atom. The summed E-state index contributed by atoms with van der Waals surface area (Å²) in [7, 11) is 0. The molecule has 8 heteroatoms. The van der Waals surface area contributed by atoms with Crippen LogP contribution in [0.1, 0.15) is 23.2 Å². The predicted octanol–water partition coefficient (Wildman–Crippen LogP) is 1.91. The van der Waals surface area contributed by atoms with Gasteiger partial charge in [0.25, 0.3) is 11.9 Å². The molecule has 8 nitrogen and oxygen atoms in total. The molecule has 0 bridgehead atoms. The van der Waals surface area contributed by atoms with Crippen molar-refractivity contribution in [1.82, 2.24) is 24.7 Å². The molecule has 126 valence electrons. The molecule has 4 heterocycles. The highest BCUT2D eigenvalue weighted by atomic mass is 16.1. The van der Waals surface area contributed by atoms with Crippen LogP contribution in [0.25, 0.3) is 5.95 Å². The number of aromatic nitrogens is 5. The molecule has 1 fully saturated rings. The van der Waals surface area contributed by atoms with Crippen molar-refractivity contribution in [1.29, 1.82) is 0 Å². The molecule has 1 saturated heterocycles. The van der Waals surface area contributed by atoms with E-state index in [2.05, 4.69) is 30.3 Å². The molecular weight excluding hydrogens is 318 g/mol. The topological polar surface area (TPSA) is 88.8 Å². The first kappa shape index (κ1) is 15.3. The van der Waals surface area contributed by atoms with Crippen molar-refractivity contribution in [2.75, 3.05) is 23.3 Å². The molecule has 0 spiro atoms. The third-order valence-corrected chi connectivity index (χ3v) is 4.08. The van der Waals surface area contributed by atoms with Crippen molar-refractivity contribution < 1.29 is 4.79 Å². The van der Waals surface area contributed by atoms with Gasteiger partial charge in [0.2, 0.25) is 0 Å². The minimum atomic E-state index is -0.216. The van der Waals surface area contributed by atoms with Crippen LogP contribution in [-0.2, 0) is 0 Å². The molecule has 3 aromatic rings. The number of carbonyl (C=O) groups excluding carboxylic acids is 1. The number of amides is 1. The fourth-order valence-corrected chi connectivity index (χ4v) is 2.77. The quantitative estimate of drug-likeness (QED) is 0.783. The number of pyridine rings is 1. The monoisotopic (exact) mass is 335 g/mol. The van der Waals surface area contributed by atoms with E-state index in [1.54, 1.807) is 36.9 Å². The molecule has 0 aromatic carbocycles. The van der Waals surface area contributed by atoms with Crippen LogP contribution >= 0.6 is 0 Å². The first-order valence-electron chi connectivity index (χ1n) is 8.13. The van der Waals surface area contributed by atoms with Crippen molar-refractivity contribution in [3.63, 3.8) is 0 Å². The number of carbonyl (C=O) groups is 1. The first-order chi connectivity index (χ1) is 12.3. The van der Waals surface area contributed by atoms with E-state index < -0.39 is 0 Å². The van der Waals surface area contributed by atoms with E-state index >= 15 is 0 Å². The fourth-order valence-electron chi connectivity index (χ4n) is 2.77. The minimum Gasteiger partial charge on any atom is -0.369 e. The predicted molar refractivity (Wildman–Crippen MR) is 92.8 cm³/mol. The SMILES string of the molecule is O=C(Nc1cnn(-c2ncc(N3CCCC3)cn2)c1)c1ccncc1. The second-order valence-electron chi connectivity index (χ2n) is 5.80. The zero-order valence-corrected chi connectivity index (χ0v) is 13.5. The van der Waals surface area contributed by atoms with Crippen molar-refractivity contribution in [3.05, 3.63) is 54.9 Å². The van der Waals surface area contributed by atoms with Crippen molar-refractivity contribution >= 4 is 17.3 Å². The van der Waals surface area contributed by atoms with E-state index in [1.165, 1.54) is 17.5 Å². The summed E-state index contributed by atoms with van der Waals surface area (Å²) in [5.41, 5.74) is 2.14. The maximum atomic E-state index is 12.1. The van der Waals surface area contributed by atoms with Crippen LogP contribution in [0.15, 0.2) is 49.3 Å². The molecule has 3 aromatic heterocycles. The lowest BCUT2D eigenvalue weighted by Gasteiger charge is -2.16. The van der Waals surface area contributed by atoms with Crippen LogP contribution in [0.3, 0.4) is 0 Å². The molecule has 0 atom stereocenters. The molecule has 1 aliphatic heterocycles. The molecule has 0 saturated carbocycles. The average Bonchev–Trinajstić information content (AvgIpc) is 3.35. The Bertz CT molecular complexity index is 854. The van der Waals surface area contributed by atoms with Gasteiger partial charge in [-0.15, -0.1) is 0 Å². The van der Waals surface area contributed by atoms with Crippen LogP contribution in [0, 0.1) is 0 Å². The van der Waals surface area contributed by atoms with E-state index in [0.29, 0.717) is 17.2 Å². The lowest BCUT2D eigenvalue weighted by molar-refractivity contribution is 0.102. The Labute approximate surface area is 144 Å². The number of rotatable bonds is 4. The molecule has 1 amide bonds. The molecule has 0 radical (unpaired) electrons. The Balaban J connectivity index is 1.46. The Kier molecular flexibility index (Phi) is 4.07. The fraction of sp³-hybridized carbons (Fsp3) is 0.235. The van der Waals surface area contributed by atoms with Gasteiger partial charge < -0.3 is 10.2 Å². The van der Waals surface area contributed by atoms with Crippen LogP contribution in [0.4, 0.5) is 11.4 Å². The van der Waals surface area contributed by atoms with Gasteiger partial charge in [0.15, 0.2) is 0 Å². The van der Waals surface area contributed by atoms with Gasteiger partial charge in [-0.25, -0.2) is 14.6 Å². The highest BCUT2D eigenvalue weighted by Gasteiger charge is 2.14. The Morgan fingerprint density at radius 2 is 1.76 bits per heavy atom.